The summed E-state index contributed by atoms with van der Waals surface area (Å²) in [6.45, 7) is 3.46. The predicted octanol–water partition coefficient (Wildman–Crippen LogP) is 4.51. The summed E-state index contributed by atoms with van der Waals surface area (Å²) in [6.07, 6.45) is 4.03. The van der Waals surface area contributed by atoms with Gasteiger partial charge < -0.3 is 14.8 Å². The average molecular weight is 320 g/mol. The highest BCUT2D eigenvalue weighted by Crippen LogP contribution is 2.15. The number of carbonyl (C=O) groups is 1. The Morgan fingerprint density at radius 2 is 2.00 bits per heavy atom. The van der Waals surface area contributed by atoms with Gasteiger partial charge in [-0.05, 0) is 42.8 Å². The number of hydrogen-bond acceptors (Lipinski definition) is 1. The van der Waals surface area contributed by atoms with Crippen molar-refractivity contribution in [1.29, 1.82) is 0 Å². The van der Waals surface area contributed by atoms with Gasteiger partial charge in [0.25, 0.3) is 0 Å². The van der Waals surface area contributed by atoms with Crippen molar-refractivity contribution in [3.8, 4) is 0 Å². The van der Waals surface area contributed by atoms with Gasteiger partial charge in [0.1, 0.15) is 0 Å². The highest BCUT2D eigenvalue weighted by Gasteiger charge is 2.15. The SMILES string of the molecule is CCCCN(Cc1cccn1C)C(=O)Nc1ccc(Cl)cc1. The van der Waals surface area contributed by atoms with Crippen LogP contribution < -0.4 is 5.32 Å². The molecule has 4 nitrogen and oxygen atoms in total. The lowest BCUT2D eigenvalue weighted by molar-refractivity contribution is 0.207. The number of nitrogens with zero attached hydrogens (tertiary/aromatic N) is 2. The number of anilines is 1. The van der Waals surface area contributed by atoms with E-state index in [-0.39, 0.29) is 6.03 Å². The molecule has 1 N–H and O–H groups in total. The largest absolute Gasteiger partial charge is 0.353 e. The summed E-state index contributed by atoms with van der Waals surface area (Å²) in [4.78, 5) is 14.4. The summed E-state index contributed by atoms with van der Waals surface area (Å²) < 4.78 is 2.04. The number of benzene rings is 1. The maximum Gasteiger partial charge on any atom is 0.322 e. The molecule has 1 aromatic heterocycles. The quantitative estimate of drug-likeness (QED) is 0.835. The number of urea groups is 1. The fourth-order valence-electron chi connectivity index (χ4n) is 2.19. The van der Waals surface area contributed by atoms with Crippen LogP contribution in [-0.4, -0.2) is 22.0 Å². The van der Waals surface area contributed by atoms with Gasteiger partial charge in [-0.1, -0.05) is 24.9 Å². The zero-order chi connectivity index (χ0) is 15.9. The summed E-state index contributed by atoms with van der Waals surface area (Å²) in [5.74, 6) is 0. The lowest BCUT2D eigenvalue weighted by Gasteiger charge is -2.23. The van der Waals surface area contributed by atoms with E-state index in [4.69, 9.17) is 11.6 Å². The van der Waals surface area contributed by atoms with Gasteiger partial charge >= 0.3 is 6.03 Å². The van der Waals surface area contributed by atoms with Crippen LogP contribution in [0.1, 0.15) is 25.5 Å². The van der Waals surface area contributed by atoms with Gasteiger partial charge in [-0.2, -0.15) is 0 Å². The Morgan fingerprint density at radius 1 is 1.27 bits per heavy atom. The molecule has 2 amide bonds. The monoisotopic (exact) mass is 319 g/mol. The lowest BCUT2D eigenvalue weighted by atomic mass is 10.3. The standard InChI is InChI=1S/C17H22ClN3O/c1-3-4-12-21(13-16-6-5-11-20(16)2)17(22)19-15-9-7-14(18)8-10-15/h5-11H,3-4,12-13H2,1-2H3,(H,19,22). The average Bonchev–Trinajstić information content (AvgIpc) is 2.91. The number of amides is 2. The third kappa shape index (κ3) is 4.53. The van der Waals surface area contributed by atoms with E-state index in [1.54, 1.807) is 24.3 Å². The second-order valence-electron chi connectivity index (χ2n) is 5.32. The second-order valence-corrected chi connectivity index (χ2v) is 5.76. The Morgan fingerprint density at radius 3 is 2.59 bits per heavy atom. The Bertz CT molecular complexity index is 607. The first-order valence-corrected chi connectivity index (χ1v) is 7.89. The van der Waals surface area contributed by atoms with Crippen molar-refractivity contribution in [2.75, 3.05) is 11.9 Å². The summed E-state index contributed by atoms with van der Waals surface area (Å²) in [7, 11) is 1.99. The first-order valence-electron chi connectivity index (χ1n) is 7.52. The zero-order valence-corrected chi connectivity index (χ0v) is 13.8. The third-order valence-corrected chi connectivity index (χ3v) is 3.82. The van der Waals surface area contributed by atoms with Crippen molar-refractivity contribution in [2.24, 2.45) is 7.05 Å². The molecule has 22 heavy (non-hydrogen) atoms. The van der Waals surface area contributed by atoms with Crippen LogP contribution in [0.25, 0.3) is 0 Å². The van der Waals surface area contributed by atoms with Crippen molar-refractivity contribution < 1.29 is 4.79 Å². The lowest BCUT2D eigenvalue weighted by Crippen LogP contribution is -2.35. The number of carbonyl (C=O) groups excluding carboxylic acids is 1. The highest BCUT2D eigenvalue weighted by molar-refractivity contribution is 6.30. The van der Waals surface area contributed by atoms with Gasteiger partial charge in [0, 0.05) is 36.2 Å². The molecule has 2 aromatic rings. The normalized spacial score (nSPS) is 10.5. The number of halogens is 1. The first-order chi connectivity index (χ1) is 10.6. The van der Waals surface area contributed by atoms with Gasteiger partial charge in [0.15, 0.2) is 0 Å². The van der Waals surface area contributed by atoms with Crippen molar-refractivity contribution in [3.05, 3.63) is 53.3 Å². The molecule has 0 aliphatic carbocycles. The number of rotatable bonds is 6. The molecular weight excluding hydrogens is 298 g/mol. The molecule has 0 radical (unpaired) electrons. The van der Waals surface area contributed by atoms with E-state index >= 15 is 0 Å². The molecule has 0 fully saturated rings. The van der Waals surface area contributed by atoms with Crippen molar-refractivity contribution >= 4 is 23.3 Å². The Balaban J connectivity index is 2.05. The van der Waals surface area contributed by atoms with Crippen LogP contribution in [0.3, 0.4) is 0 Å². The molecule has 0 bridgehead atoms. The molecule has 0 aliphatic heterocycles. The Hall–Kier alpha value is -1.94. The van der Waals surface area contributed by atoms with E-state index in [9.17, 15) is 4.79 Å². The summed E-state index contributed by atoms with van der Waals surface area (Å²) in [5.41, 5.74) is 1.87. The van der Waals surface area contributed by atoms with Crippen LogP contribution in [0.15, 0.2) is 42.6 Å². The number of hydrogen-bond donors (Lipinski definition) is 1. The van der Waals surface area contributed by atoms with Gasteiger partial charge in [0.05, 0.1) is 6.54 Å². The van der Waals surface area contributed by atoms with Crippen LogP contribution >= 0.6 is 11.6 Å². The topological polar surface area (TPSA) is 37.3 Å². The van der Waals surface area contributed by atoms with E-state index in [0.717, 1.165) is 30.8 Å². The third-order valence-electron chi connectivity index (χ3n) is 3.57. The summed E-state index contributed by atoms with van der Waals surface area (Å²) in [6, 6.07) is 11.1. The number of nitrogens with one attached hydrogen (secondary N) is 1. The fourth-order valence-corrected chi connectivity index (χ4v) is 2.32. The molecule has 0 unspecified atom stereocenters. The smallest absolute Gasteiger partial charge is 0.322 e. The molecule has 2 rings (SSSR count). The molecular formula is C17H22ClN3O. The summed E-state index contributed by atoms with van der Waals surface area (Å²) in [5, 5.41) is 3.59. The minimum Gasteiger partial charge on any atom is -0.353 e. The fraction of sp³-hybridized carbons (Fsp3) is 0.353. The van der Waals surface area contributed by atoms with Gasteiger partial charge in [-0.25, -0.2) is 4.79 Å². The molecule has 1 heterocycles. The van der Waals surface area contributed by atoms with Crippen LogP contribution in [0.2, 0.25) is 5.02 Å². The molecule has 0 atom stereocenters. The number of unbranched alkanes of at least 4 members (excludes halogenated alkanes) is 1. The molecule has 5 heteroatoms. The number of aryl methyl sites for hydroxylation is 1. The van der Waals surface area contributed by atoms with E-state index in [1.807, 2.05) is 34.8 Å². The number of aromatic nitrogens is 1. The molecule has 0 saturated carbocycles. The van der Waals surface area contributed by atoms with Crippen molar-refractivity contribution in [3.63, 3.8) is 0 Å². The van der Waals surface area contributed by atoms with Crippen molar-refractivity contribution in [2.45, 2.75) is 26.3 Å². The second kappa shape index (κ2) is 7.90. The minimum absolute atomic E-state index is 0.0861. The molecule has 0 aliphatic rings. The Kier molecular flexibility index (Phi) is 5.90. The molecule has 0 saturated heterocycles. The predicted molar refractivity (Wildman–Crippen MR) is 91.2 cm³/mol. The maximum absolute atomic E-state index is 12.5. The minimum atomic E-state index is -0.0861. The summed E-state index contributed by atoms with van der Waals surface area (Å²) >= 11 is 5.87. The Labute approximate surface area is 136 Å². The van der Waals surface area contributed by atoms with Crippen molar-refractivity contribution in [1.82, 2.24) is 9.47 Å². The van der Waals surface area contributed by atoms with Gasteiger partial charge in [-0.15, -0.1) is 0 Å². The van der Waals surface area contributed by atoms with Crippen LogP contribution in [0, 0.1) is 0 Å². The van der Waals surface area contributed by atoms with Crippen LogP contribution in [0.4, 0.5) is 10.5 Å². The first kappa shape index (κ1) is 16.4. The van der Waals surface area contributed by atoms with Crippen LogP contribution in [0.5, 0.6) is 0 Å². The van der Waals surface area contributed by atoms with E-state index in [0.29, 0.717) is 11.6 Å². The molecule has 1 aromatic carbocycles. The van der Waals surface area contributed by atoms with E-state index < -0.39 is 0 Å². The molecule has 0 spiro atoms. The maximum atomic E-state index is 12.5. The van der Waals surface area contributed by atoms with Crippen LogP contribution in [-0.2, 0) is 13.6 Å². The highest BCUT2D eigenvalue weighted by atomic mass is 35.5. The van der Waals surface area contributed by atoms with E-state index in [2.05, 4.69) is 12.2 Å². The van der Waals surface area contributed by atoms with E-state index in [1.165, 1.54) is 0 Å². The van der Waals surface area contributed by atoms with Gasteiger partial charge in [0.2, 0.25) is 0 Å². The molecule has 118 valence electrons. The van der Waals surface area contributed by atoms with Gasteiger partial charge in [-0.3, -0.25) is 0 Å². The zero-order valence-electron chi connectivity index (χ0n) is 13.1.